The molecule has 0 aliphatic heterocycles. The summed E-state index contributed by atoms with van der Waals surface area (Å²) in [4.78, 5) is 28.7. The number of hydrogen-bond donors (Lipinski definition) is 1. The van der Waals surface area contributed by atoms with Gasteiger partial charge in [-0.1, -0.05) is 25.5 Å². The number of rotatable bonds is 9. The Morgan fingerprint density at radius 2 is 2.08 bits per heavy atom. The van der Waals surface area contributed by atoms with E-state index in [1.165, 1.54) is 10.9 Å². The van der Waals surface area contributed by atoms with Crippen LogP contribution in [0.3, 0.4) is 0 Å². The van der Waals surface area contributed by atoms with Crippen molar-refractivity contribution in [1.29, 1.82) is 0 Å². The lowest BCUT2D eigenvalue weighted by Crippen LogP contribution is -2.33. The van der Waals surface area contributed by atoms with E-state index < -0.39 is 0 Å². The van der Waals surface area contributed by atoms with Gasteiger partial charge >= 0.3 is 0 Å². The quantitative estimate of drug-likeness (QED) is 0.714. The summed E-state index contributed by atoms with van der Waals surface area (Å²) in [7, 11) is 0. The zero-order valence-corrected chi connectivity index (χ0v) is 14.4. The number of aryl methyl sites for hydroxylation is 1. The third-order valence-electron chi connectivity index (χ3n) is 3.80. The highest BCUT2D eigenvalue weighted by atomic mass is 16.5. The molecule has 0 aliphatic carbocycles. The molecule has 1 N–H and O–H groups in total. The zero-order valence-electron chi connectivity index (χ0n) is 14.4. The van der Waals surface area contributed by atoms with Gasteiger partial charge in [0.1, 0.15) is 6.54 Å². The van der Waals surface area contributed by atoms with Crippen molar-refractivity contribution in [2.24, 2.45) is 0 Å². The van der Waals surface area contributed by atoms with E-state index >= 15 is 0 Å². The van der Waals surface area contributed by atoms with Crippen molar-refractivity contribution in [2.45, 2.75) is 39.7 Å². The normalized spacial score (nSPS) is 10.9. The molecule has 0 atom stereocenters. The summed E-state index contributed by atoms with van der Waals surface area (Å²) < 4.78 is 6.78. The van der Waals surface area contributed by atoms with Crippen LogP contribution in [0.15, 0.2) is 29.3 Å². The van der Waals surface area contributed by atoms with Crippen LogP contribution in [0.25, 0.3) is 10.9 Å². The van der Waals surface area contributed by atoms with Crippen LogP contribution in [0, 0.1) is 6.92 Å². The van der Waals surface area contributed by atoms with Crippen LogP contribution in [0.2, 0.25) is 0 Å². The third-order valence-corrected chi connectivity index (χ3v) is 3.80. The predicted molar refractivity (Wildman–Crippen MR) is 94.1 cm³/mol. The lowest BCUT2D eigenvalue weighted by Gasteiger charge is -2.09. The molecule has 0 fully saturated rings. The van der Waals surface area contributed by atoms with Crippen molar-refractivity contribution in [2.75, 3.05) is 19.8 Å². The molecular weight excluding hydrogens is 306 g/mol. The van der Waals surface area contributed by atoms with Crippen LogP contribution in [-0.2, 0) is 16.1 Å². The van der Waals surface area contributed by atoms with Crippen molar-refractivity contribution >= 4 is 16.8 Å². The molecule has 2 aromatic rings. The van der Waals surface area contributed by atoms with Crippen LogP contribution >= 0.6 is 0 Å². The number of aromatic nitrogens is 2. The average molecular weight is 331 g/mol. The zero-order chi connectivity index (χ0) is 17.4. The number of para-hydroxylation sites is 1. The number of fused-ring (bicyclic) bond motifs is 1. The summed E-state index contributed by atoms with van der Waals surface area (Å²) in [6, 6.07) is 5.47. The average Bonchev–Trinajstić information content (AvgIpc) is 2.57. The monoisotopic (exact) mass is 331 g/mol. The topological polar surface area (TPSA) is 73.2 Å². The smallest absolute Gasteiger partial charge is 0.261 e. The van der Waals surface area contributed by atoms with Crippen LogP contribution in [0.1, 0.15) is 31.7 Å². The molecule has 2 rings (SSSR count). The van der Waals surface area contributed by atoms with Crippen molar-refractivity contribution in [3.05, 3.63) is 40.4 Å². The van der Waals surface area contributed by atoms with Crippen LogP contribution in [-0.4, -0.2) is 35.2 Å². The van der Waals surface area contributed by atoms with Crippen LogP contribution in [0.4, 0.5) is 0 Å². The second kappa shape index (κ2) is 9.17. The number of unbranched alkanes of at least 4 members (excludes halogenated alkanes) is 1. The van der Waals surface area contributed by atoms with Gasteiger partial charge < -0.3 is 10.1 Å². The van der Waals surface area contributed by atoms with Crippen molar-refractivity contribution in [1.82, 2.24) is 14.9 Å². The number of nitrogens with zero attached hydrogens (tertiary/aromatic N) is 2. The van der Waals surface area contributed by atoms with Crippen molar-refractivity contribution < 1.29 is 9.53 Å². The van der Waals surface area contributed by atoms with Gasteiger partial charge in [0, 0.05) is 19.8 Å². The van der Waals surface area contributed by atoms with Crippen LogP contribution < -0.4 is 10.9 Å². The first-order valence-electron chi connectivity index (χ1n) is 8.42. The molecule has 0 saturated heterocycles. The minimum atomic E-state index is -0.195. The van der Waals surface area contributed by atoms with Crippen molar-refractivity contribution in [3.8, 4) is 0 Å². The number of nitrogens with one attached hydrogen (secondary N) is 1. The first-order chi connectivity index (χ1) is 11.6. The van der Waals surface area contributed by atoms with E-state index in [2.05, 4.69) is 17.2 Å². The molecule has 6 heteroatoms. The fourth-order valence-electron chi connectivity index (χ4n) is 2.41. The summed E-state index contributed by atoms with van der Waals surface area (Å²) in [5.41, 5.74) is 1.44. The summed E-state index contributed by atoms with van der Waals surface area (Å²) in [5.74, 6) is -0.195. The molecule has 24 heavy (non-hydrogen) atoms. The van der Waals surface area contributed by atoms with E-state index in [4.69, 9.17) is 4.74 Å². The Kier molecular flexibility index (Phi) is 6.93. The number of benzene rings is 1. The number of ether oxygens (including phenoxy) is 1. The number of hydrogen-bond acceptors (Lipinski definition) is 4. The highest BCUT2D eigenvalue weighted by molar-refractivity contribution is 5.81. The van der Waals surface area contributed by atoms with E-state index in [0.29, 0.717) is 24.1 Å². The Bertz CT molecular complexity index is 740. The molecule has 1 amide bonds. The minimum absolute atomic E-state index is 0.0214. The van der Waals surface area contributed by atoms with Crippen molar-refractivity contribution in [3.63, 3.8) is 0 Å². The van der Waals surface area contributed by atoms with Gasteiger partial charge in [0.05, 0.1) is 17.2 Å². The molecule has 0 saturated carbocycles. The van der Waals surface area contributed by atoms with Gasteiger partial charge in [-0.3, -0.25) is 14.2 Å². The maximum atomic E-state index is 12.4. The lowest BCUT2D eigenvalue weighted by atomic mass is 10.1. The molecule has 0 radical (unpaired) electrons. The highest BCUT2D eigenvalue weighted by Gasteiger charge is 2.08. The van der Waals surface area contributed by atoms with E-state index in [0.717, 1.165) is 31.4 Å². The molecule has 130 valence electrons. The molecule has 0 spiro atoms. The van der Waals surface area contributed by atoms with Gasteiger partial charge in [-0.05, 0) is 31.4 Å². The molecule has 1 heterocycles. The highest BCUT2D eigenvalue weighted by Crippen LogP contribution is 2.10. The minimum Gasteiger partial charge on any atom is -0.381 e. The maximum absolute atomic E-state index is 12.4. The number of amides is 1. The SMILES string of the molecule is CCCCOCCCNC(=O)Cn1cnc2c(C)cccc2c1=O. The molecule has 0 bridgehead atoms. The second-order valence-electron chi connectivity index (χ2n) is 5.82. The Labute approximate surface area is 141 Å². The Morgan fingerprint density at radius 1 is 1.29 bits per heavy atom. The fraction of sp³-hybridized carbons (Fsp3) is 0.500. The van der Waals surface area contributed by atoms with Gasteiger partial charge in [0.25, 0.3) is 5.56 Å². The van der Waals surface area contributed by atoms with Gasteiger partial charge in [-0.2, -0.15) is 0 Å². The summed E-state index contributed by atoms with van der Waals surface area (Å²) in [5, 5.41) is 3.34. The molecular formula is C18H25N3O3. The fourth-order valence-corrected chi connectivity index (χ4v) is 2.41. The largest absolute Gasteiger partial charge is 0.381 e. The van der Waals surface area contributed by atoms with Gasteiger partial charge in [-0.25, -0.2) is 4.98 Å². The standard InChI is InChI=1S/C18H25N3O3/c1-3-4-10-24-11-6-9-19-16(22)12-21-13-20-17-14(2)7-5-8-15(17)18(21)23/h5,7-8,13H,3-4,6,9-12H2,1-2H3,(H,19,22). The molecule has 0 unspecified atom stereocenters. The summed E-state index contributed by atoms with van der Waals surface area (Å²) in [6.45, 7) is 5.95. The molecule has 1 aromatic carbocycles. The Balaban J connectivity index is 1.85. The van der Waals surface area contributed by atoms with Crippen LogP contribution in [0.5, 0.6) is 0 Å². The van der Waals surface area contributed by atoms with E-state index in [1.807, 2.05) is 19.1 Å². The number of carbonyl (C=O) groups excluding carboxylic acids is 1. The molecule has 0 aliphatic rings. The third kappa shape index (κ3) is 4.89. The molecule has 6 nitrogen and oxygen atoms in total. The Morgan fingerprint density at radius 3 is 2.88 bits per heavy atom. The maximum Gasteiger partial charge on any atom is 0.261 e. The summed E-state index contributed by atoms with van der Waals surface area (Å²) in [6.07, 6.45) is 4.37. The first kappa shape index (κ1) is 18.1. The van der Waals surface area contributed by atoms with E-state index in [1.54, 1.807) is 6.07 Å². The first-order valence-corrected chi connectivity index (χ1v) is 8.42. The predicted octanol–water partition coefficient (Wildman–Crippen LogP) is 2.03. The van der Waals surface area contributed by atoms with E-state index in [9.17, 15) is 9.59 Å². The second-order valence-corrected chi connectivity index (χ2v) is 5.82. The van der Waals surface area contributed by atoms with Gasteiger partial charge in [0.15, 0.2) is 0 Å². The Hall–Kier alpha value is -2.21. The van der Waals surface area contributed by atoms with E-state index in [-0.39, 0.29) is 18.0 Å². The number of carbonyl (C=O) groups is 1. The van der Waals surface area contributed by atoms with Gasteiger partial charge in [0.2, 0.25) is 5.91 Å². The van der Waals surface area contributed by atoms with Gasteiger partial charge in [-0.15, -0.1) is 0 Å². The summed E-state index contributed by atoms with van der Waals surface area (Å²) >= 11 is 0. The lowest BCUT2D eigenvalue weighted by molar-refractivity contribution is -0.121. The molecule has 1 aromatic heterocycles.